The molecule has 1 aromatic rings. The number of hydrogen-bond acceptors (Lipinski definition) is 2. The van der Waals surface area contributed by atoms with Crippen molar-refractivity contribution in [1.29, 1.82) is 0 Å². The van der Waals surface area contributed by atoms with Gasteiger partial charge in [0.15, 0.2) is 0 Å². The van der Waals surface area contributed by atoms with E-state index in [9.17, 15) is 4.79 Å². The molecule has 13 heavy (non-hydrogen) atoms. The molecule has 0 amide bonds. The molecule has 1 heterocycles. The van der Waals surface area contributed by atoms with Gasteiger partial charge in [-0.15, -0.1) is 0 Å². The van der Waals surface area contributed by atoms with Crippen LogP contribution in [0.5, 0.6) is 0 Å². The van der Waals surface area contributed by atoms with Crippen molar-refractivity contribution < 1.29 is 5.11 Å². The molecule has 0 saturated carbocycles. The van der Waals surface area contributed by atoms with E-state index in [0.717, 1.165) is 5.69 Å². The minimum absolute atomic E-state index is 0.000278. The summed E-state index contributed by atoms with van der Waals surface area (Å²) >= 11 is 0. The molecule has 0 bridgehead atoms. The third-order valence-corrected chi connectivity index (χ3v) is 2.07. The van der Waals surface area contributed by atoms with E-state index in [0.29, 0.717) is 6.54 Å². The fraction of sp³-hybridized carbons (Fsp3) is 0.500. The van der Waals surface area contributed by atoms with E-state index < -0.39 is 0 Å². The third-order valence-electron chi connectivity index (χ3n) is 2.07. The molecule has 1 unspecified atom stereocenters. The van der Waals surface area contributed by atoms with Crippen LogP contribution in [-0.2, 0) is 6.54 Å². The van der Waals surface area contributed by atoms with Gasteiger partial charge in [0.1, 0.15) is 0 Å². The molecule has 0 radical (unpaired) electrons. The monoisotopic (exact) mass is 181 g/mol. The molecule has 0 saturated heterocycles. The van der Waals surface area contributed by atoms with Gasteiger partial charge in [0.2, 0.25) is 0 Å². The van der Waals surface area contributed by atoms with Crippen LogP contribution in [0.4, 0.5) is 0 Å². The Morgan fingerprint density at radius 3 is 2.77 bits per heavy atom. The van der Waals surface area contributed by atoms with Gasteiger partial charge in [-0.3, -0.25) is 4.79 Å². The van der Waals surface area contributed by atoms with Gasteiger partial charge in [0, 0.05) is 24.9 Å². The smallest absolute Gasteiger partial charge is 0.250 e. The fourth-order valence-corrected chi connectivity index (χ4v) is 1.23. The van der Waals surface area contributed by atoms with E-state index >= 15 is 0 Å². The summed E-state index contributed by atoms with van der Waals surface area (Å²) in [5.41, 5.74) is 0.938. The van der Waals surface area contributed by atoms with Crippen molar-refractivity contribution in [2.75, 3.05) is 6.61 Å². The zero-order chi connectivity index (χ0) is 9.84. The number of pyridine rings is 1. The Hall–Kier alpha value is -1.09. The van der Waals surface area contributed by atoms with Gasteiger partial charge in [0.05, 0.1) is 0 Å². The first-order chi connectivity index (χ1) is 6.15. The average Bonchev–Trinajstić information content (AvgIpc) is 2.11. The molecule has 0 fully saturated rings. The van der Waals surface area contributed by atoms with E-state index in [-0.39, 0.29) is 18.1 Å². The van der Waals surface area contributed by atoms with Crippen LogP contribution in [-0.4, -0.2) is 16.3 Å². The molecule has 1 aromatic heterocycles. The van der Waals surface area contributed by atoms with Gasteiger partial charge < -0.3 is 9.67 Å². The second-order valence-corrected chi connectivity index (χ2v) is 3.40. The zero-order valence-electron chi connectivity index (χ0n) is 8.03. The minimum atomic E-state index is 0.000278. The molecular formula is C10H15NO2. The van der Waals surface area contributed by atoms with Crippen molar-refractivity contribution in [1.82, 2.24) is 4.57 Å². The van der Waals surface area contributed by atoms with Crippen LogP contribution in [0, 0.1) is 12.8 Å². The lowest BCUT2D eigenvalue weighted by atomic mass is 10.2. The van der Waals surface area contributed by atoms with Gasteiger partial charge in [-0.05, 0) is 18.9 Å². The summed E-state index contributed by atoms with van der Waals surface area (Å²) in [7, 11) is 0. The van der Waals surface area contributed by atoms with Crippen molar-refractivity contribution in [2.24, 2.45) is 5.92 Å². The highest BCUT2D eigenvalue weighted by Crippen LogP contribution is 2.00. The number of nitrogens with zero attached hydrogens (tertiary/aromatic N) is 1. The Morgan fingerprint density at radius 2 is 2.23 bits per heavy atom. The van der Waals surface area contributed by atoms with Gasteiger partial charge in [-0.2, -0.15) is 0 Å². The first kappa shape index (κ1) is 9.99. The van der Waals surface area contributed by atoms with Gasteiger partial charge in [-0.25, -0.2) is 0 Å². The number of aromatic nitrogens is 1. The molecule has 0 aliphatic carbocycles. The molecule has 3 nitrogen and oxygen atoms in total. The van der Waals surface area contributed by atoms with Crippen molar-refractivity contribution >= 4 is 0 Å². The molecule has 0 spiro atoms. The fourth-order valence-electron chi connectivity index (χ4n) is 1.23. The van der Waals surface area contributed by atoms with E-state index in [1.54, 1.807) is 10.6 Å². The number of hydrogen-bond donors (Lipinski definition) is 1. The lowest BCUT2D eigenvalue weighted by Gasteiger charge is -2.12. The molecule has 1 rings (SSSR count). The molecule has 72 valence electrons. The standard InChI is InChI=1S/C10H15NO2/c1-8(7-12)6-11-9(2)4-3-5-10(11)13/h3-5,8,12H,6-7H2,1-2H3. The SMILES string of the molecule is Cc1cccc(=O)n1CC(C)CO. The summed E-state index contributed by atoms with van der Waals surface area (Å²) in [6.45, 7) is 4.51. The van der Waals surface area contributed by atoms with Crippen LogP contribution in [0.2, 0.25) is 0 Å². The summed E-state index contributed by atoms with van der Waals surface area (Å²) in [6.07, 6.45) is 0. The van der Waals surface area contributed by atoms with E-state index in [1.807, 2.05) is 19.9 Å². The molecule has 0 aromatic carbocycles. The third kappa shape index (κ3) is 2.42. The largest absolute Gasteiger partial charge is 0.396 e. The number of aliphatic hydroxyl groups excluding tert-OH is 1. The van der Waals surface area contributed by atoms with E-state index in [2.05, 4.69) is 0 Å². The predicted octanol–water partition coefficient (Wildman–Crippen LogP) is 0.785. The van der Waals surface area contributed by atoms with Crippen LogP contribution in [0.3, 0.4) is 0 Å². The second kappa shape index (κ2) is 4.23. The van der Waals surface area contributed by atoms with Crippen LogP contribution in [0.15, 0.2) is 23.0 Å². The highest BCUT2D eigenvalue weighted by molar-refractivity contribution is 5.04. The highest BCUT2D eigenvalue weighted by Gasteiger charge is 2.04. The Morgan fingerprint density at radius 1 is 1.54 bits per heavy atom. The Bertz CT molecular complexity index is 330. The van der Waals surface area contributed by atoms with Crippen molar-refractivity contribution in [3.05, 3.63) is 34.2 Å². The van der Waals surface area contributed by atoms with Gasteiger partial charge in [-0.1, -0.05) is 13.0 Å². The van der Waals surface area contributed by atoms with Gasteiger partial charge in [0.25, 0.3) is 5.56 Å². The summed E-state index contributed by atoms with van der Waals surface area (Å²) in [5, 5.41) is 8.86. The molecule has 0 aliphatic heterocycles. The molecule has 3 heteroatoms. The maximum Gasteiger partial charge on any atom is 0.250 e. The van der Waals surface area contributed by atoms with Crippen molar-refractivity contribution in [2.45, 2.75) is 20.4 Å². The Kier molecular flexibility index (Phi) is 3.25. The Labute approximate surface area is 77.6 Å². The van der Waals surface area contributed by atoms with Crippen LogP contribution < -0.4 is 5.56 Å². The first-order valence-electron chi connectivity index (χ1n) is 4.42. The molecule has 1 N–H and O–H groups in total. The zero-order valence-corrected chi connectivity index (χ0v) is 8.03. The normalized spacial score (nSPS) is 12.8. The summed E-state index contributed by atoms with van der Waals surface area (Å²) in [5.74, 6) is 0.124. The molecule has 0 aliphatic rings. The summed E-state index contributed by atoms with van der Waals surface area (Å²) < 4.78 is 1.68. The number of aryl methyl sites for hydroxylation is 1. The lowest BCUT2D eigenvalue weighted by molar-refractivity contribution is 0.221. The maximum absolute atomic E-state index is 11.4. The van der Waals surface area contributed by atoms with E-state index in [4.69, 9.17) is 5.11 Å². The van der Waals surface area contributed by atoms with Crippen molar-refractivity contribution in [3.8, 4) is 0 Å². The quantitative estimate of drug-likeness (QED) is 0.749. The molecular weight excluding hydrogens is 166 g/mol. The van der Waals surface area contributed by atoms with Gasteiger partial charge >= 0.3 is 0 Å². The molecule has 1 atom stereocenters. The first-order valence-corrected chi connectivity index (χ1v) is 4.42. The van der Waals surface area contributed by atoms with Crippen LogP contribution in [0.1, 0.15) is 12.6 Å². The van der Waals surface area contributed by atoms with Crippen LogP contribution in [0.25, 0.3) is 0 Å². The van der Waals surface area contributed by atoms with Crippen molar-refractivity contribution in [3.63, 3.8) is 0 Å². The summed E-state index contributed by atoms with van der Waals surface area (Å²) in [4.78, 5) is 11.4. The van der Waals surface area contributed by atoms with E-state index in [1.165, 1.54) is 6.07 Å². The topological polar surface area (TPSA) is 42.2 Å². The minimum Gasteiger partial charge on any atom is -0.396 e. The summed E-state index contributed by atoms with van der Waals surface area (Å²) in [6, 6.07) is 5.18. The second-order valence-electron chi connectivity index (χ2n) is 3.40. The number of aliphatic hydroxyl groups is 1. The Balaban J connectivity index is 2.93. The lowest BCUT2D eigenvalue weighted by Crippen LogP contribution is -2.25. The number of rotatable bonds is 3. The van der Waals surface area contributed by atoms with Crippen LogP contribution >= 0.6 is 0 Å². The average molecular weight is 181 g/mol. The predicted molar refractivity (Wildman–Crippen MR) is 51.7 cm³/mol. The highest BCUT2D eigenvalue weighted by atomic mass is 16.3. The maximum atomic E-state index is 11.4.